The second-order valence-corrected chi connectivity index (χ2v) is 7.13. The van der Waals surface area contributed by atoms with Gasteiger partial charge in [0.15, 0.2) is 5.76 Å². The zero-order valence-corrected chi connectivity index (χ0v) is 16.3. The minimum atomic E-state index is 0.708. The van der Waals surface area contributed by atoms with Crippen molar-refractivity contribution in [2.24, 2.45) is 0 Å². The van der Waals surface area contributed by atoms with E-state index in [1.165, 1.54) is 0 Å². The molecule has 4 heterocycles. The Balaban J connectivity index is 1.34. The van der Waals surface area contributed by atoms with Crippen molar-refractivity contribution in [3.8, 4) is 16.8 Å². The fourth-order valence-electron chi connectivity index (χ4n) is 3.65. The van der Waals surface area contributed by atoms with Crippen LogP contribution in [0.2, 0.25) is 0 Å². The molecule has 7 heteroatoms. The van der Waals surface area contributed by atoms with E-state index in [-0.39, 0.29) is 0 Å². The highest BCUT2D eigenvalue weighted by atomic mass is 16.7. The highest BCUT2D eigenvalue weighted by Gasteiger charge is 2.18. The first-order chi connectivity index (χ1) is 15.3. The van der Waals surface area contributed by atoms with Crippen LogP contribution in [0.4, 0.5) is 5.82 Å². The predicted octanol–water partition coefficient (Wildman–Crippen LogP) is 4.94. The number of benzene rings is 2. The summed E-state index contributed by atoms with van der Waals surface area (Å²) in [5.41, 5.74) is 8.88. The van der Waals surface area contributed by atoms with Gasteiger partial charge in [0.2, 0.25) is 0 Å². The minimum absolute atomic E-state index is 0.708. The van der Waals surface area contributed by atoms with E-state index >= 15 is 0 Å². The van der Waals surface area contributed by atoms with E-state index in [0.29, 0.717) is 5.76 Å². The van der Waals surface area contributed by atoms with Gasteiger partial charge in [-0.2, -0.15) is 0 Å². The SMILES string of the molecule is C1=C(c2cccc(-n3cnc4cc(-c5ccoc5)ccc43)c2)ONN1c1ccccn1. The molecule has 31 heavy (non-hydrogen) atoms. The zero-order valence-electron chi connectivity index (χ0n) is 16.3. The quantitative estimate of drug-likeness (QED) is 0.455. The van der Waals surface area contributed by atoms with Gasteiger partial charge < -0.3 is 9.25 Å². The number of anilines is 1. The van der Waals surface area contributed by atoms with Gasteiger partial charge in [0, 0.05) is 23.0 Å². The summed E-state index contributed by atoms with van der Waals surface area (Å²) in [6.07, 6.45) is 8.87. The summed E-state index contributed by atoms with van der Waals surface area (Å²) >= 11 is 0. The van der Waals surface area contributed by atoms with Crippen LogP contribution in [-0.2, 0) is 4.84 Å². The second kappa shape index (κ2) is 7.16. The lowest BCUT2D eigenvalue weighted by Gasteiger charge is -2.11. The second-order valence-electron chi connectivity index (χ2n) is 7.13. The van der Waals surface area contributed by atoms with Gasteiger partial charge in [-0.1, -0.05) is 29.9 Å². The van der Waals surface area contributed by atoms with E-state index in [0.717, 1.165) is 39.2 Å². The molecule has 1 N–H and O–H groups in total. The fourth-order valence-corrected chi connectivity index (χ4v) is 3.65. The van der Waals surface area contributed by atoms with Gasteiger partial charge in [-0.25, -0.2) is 15.0 Å². The summed E-state index contributed by atoms with van der Waals surface area (Å²) in [7, 11) is 0. The summed E-state index contributed by atoms with van der Waals surface area (Å²) in [4.78, 5) is 14.6. The number of nitrogens with zero attached hydrogens (tertiary/aromatic N) is 4. The average molecular weight is 407 g/mol. The number of hydrazine groups is 1. The molecule has 0 unspecified atom stereocenters. The van der Waals surface area contributed by atoms with Gasteiger partial charge in [-0.15, -0.1) is 0 Å². The van der Waals surface area contributed by atoms with Gasteiger partial charge in [-0.05, 0) is 48.0 Å². The van der Waals surface area contributed by atoms with Crippen LogP contribution in [-0.4, -0.2) is 14.5 Å². The Kier molecular flexibility index (Phi) is 4.04. The van der Waals surface area contributed by atoms with E-state index in [2.05, 4.69) is 44.4 Å². The van der Waals surface area contributed by atoms with Gasteiger partial charge in [-0.3, -0.25) is 4.57 Å². The van der Waals surface area contributed by atoms with Crippen LogP contribution in [0.3, 0.4) is 0 Å². The molecule has 7 nitrogen and oxygen atoms in total. The fraction of sp³-hybridized carbons (Fsp3) is 0. The summed E-state index contributed by atoms with van der Waals surface area (Å²) < 4.78 is 7.26. The van der Waals surface area contributed by atoms with Crippen LogP contribution < -0.4 is 10.6 Å². The minimum Gasteiger partial charge on any atom is -0.472 e. The van der Waals surface area contributed by atoms with Crippen molar-refractivity contribution in [1.29, 1.82) is 0 Å². The first-order valence-electron chi connectivity index (χ1n) is 9.80. The van der Waals surface area contributed by atoms with Crippen LogP contribution in [0.1, 0.15) is 5.56 Å². The average Bonchev–Trinajstić information content (AvgIpc) is 3.60. The van der Waals surface area contributed by atoms with Crippen molar-refractivity contribution in [3.05, 3.63) is 104 Å². The number of nitrogens with one attached hydrogen (secondary N) is 1. The van der Waals surface area contributed by atoms with Gasteiger partial charge in [0.25, 0.3) is 0 Å². The maximum absolute atomic E-state index is 5.69. The molecule has 3 aromatic heterocycles. The molecule has 6 rings (SSSR count). The van der Waals surface area contributed by atoms with Crippen LogP contribution in [0, 0.1) is 0 Å². The van der Waals surface area contributed by atoms with E-state index in [9.17, 15) is 0 Å². The Morgan fingerprint density at radius 2 is 1.84 bits per heavy atom. The lowest BCUT2D eigenvalue weighted by atomic mass is 10.1. The number of pyridine rings is 1. The van der Waals surface area contributed by atoms with E-state index in [1.54, 1.807) is 23.7 Å². The molecular weight excluding hydrogens is 390 g/mol. The molecule has 0 saturated carbocycles. The third kappa shape index (κ3) is 3.13. The predicted molar refractivity (Wildman–Crippen MR) is 118 cm³/mol. The van der Waals surface area contributed by atoms with E-state index in [1.807, 2.05) is 55.0 Å². The van der Waals surface area contributed by atoms with Crippen LogP contribution in [0.15, 0.2) is 102 Å². The van der Waals surface area contributed by atoms with Gasteiger partial charge in [0.1, 0.15) is 12.1 Å². The molecule has 0 aliphatic carbocycles. The molecule has 0 radical (unpaired) electrons. The number of hydrogen-bond acceptors (Lipinski definition) is 6. The normalized spacial score (nSPS) is 13.4. The molecule has 2 aromatic carbocycles. The standard InChI is InChI=1S/C24H17N5O2/c1-2-10-25-24(6-1)29-14-23(31-27-29)18-4-3-5-20(12-18)28-16-26-21-13-17(7-8-22(21)28)19-9-11-30-15-19/h1-16,27H. The smallest absolute Gasteiger partial charge is 0.174 e. The van der Waals surface area contributed by atoms with E-state index in [4.69, 9.17) is 9.25 Å². The maximum Gasteiger partial charge on any atom is 0.174 e. The molecule has 0 bridgehead atoms. The molecule has 5 aromatic rings. The Morgan fingerprint density at radius 3 is 2.71 bits per heavy atom. The number of aromatic nitrogens is 3. The first-order valence-corrected chi connectivity index (χ1v) is 9.80. The highest BCUT2D eigenvalue weighted by molar-refractivity contribution is 5.83. The third-order valence-electron chi connectivity index (χ3n) is 5.21. The number of imidazole rings is 1. The Labute approximate surface area is 177 Å². The zero-order chi connectivity index (χ0) is 20.6. The molecule has 150 valence electrons. The Bertz CT molecular complexity index is 1390. The molecule has 0 saturated heterocycles. The number of fused-ring (bicyclic) bond motifs is 1. The third-order valence-corrected chi connectivity index (χ3v) is 5.21. The maximum atomic E-state index is 5.69. The lowest BCUT2D eigenvalue weighted by Crippen LogP contribution is -2.27. The molecule has 1 aliphatic rings. The molecule has 0 fully saturated rings. The van der Waals surface area contributed by atoms with Crippen molar-refractivity contribution in [2.45, 2.75) is 0 Å². The van der Waals surface area contributed by atoms with Crippen LogP contribution >= 0.6 is 0 Å². The number of hydrogen-bond donors (Lipinski definition) is 1. The van der Waals surface area contributed by atoms with Crippen LogP contribution in [0.5, 0.6) is 0 Å². The topological polar surface area (TPSA) is 68.3 Å². The summed E-state index contributed by atoms with van der Waals surface area (Å²) in [6.45, 7) is 0. The Morgan fingerprint density at radius 1 is 0.839 bits per heavy atom. The summed E-state index contributed by atoms with van der Waals surface area (Å²) in [5, 5.41) is 1.74. The molecule has 0 atom stereocenters. The lowest BCUT2D eigenvalue weighted by molar-refractivity contribution is 0.179. The monoisotopic (exact) mass is 407 g/mol. The number of furan rings is 1. The number of rotatable bonds is 4. The molecular formula is C24H17N5O2. The summed E-state index contributed by atoms with van der Waals surface area (Å²) in [5.74, 6) is 1.46. The van der Waals surface area contributed by atoms with E-state index < -0.39 is 0 Å². The highest BCUT2D eigenvalue weighted by Crippen LogP contribution is 2.28. The van der Waals surface area contributed by atoms with Crippen molar-refractivity contribution in [1.82, 2.24) is 20.1 Å². The summed E-state index contributed by atoms with van der Waals surface area (Å²) in [6, 6.07) is 22.0. The van der Waals surface area contributed by atoms with Gasteiger partial charge >= 0.3 is 0 Å². The van der Waals surface area contributed by atoms with Crippen molar-refractivity contribution < 1.29 is 9.25 Å². The Hall–Kier alpha value is -4.36. The molecule has 0 spiro atoms. The van der Waals surface area contributed by atoms with Crippen molar-refractivity contribution in [2.75, 3.05) is 5.01 Å². The van der Waals surface area contributed by atoms with Crippen molar-refractivity contribution in [3.63, 3.8) is 0 Å². The van der Waals surface area contributed by atoms with Crippen molar-refractivity contribution >= 4 is 22.6 Å². The molecule has 0 amide bonds. The van der Waals surface area contributed by atoms with Gasteiger partial charge in [0.05, 0.1) is 29.8 Å². The first kappa shape index (κ1) is 17.5. The molecule has 1 aliphatic heterocycles. The largest absolute Gasteiger partial charge is 0.472 e. The van der Waals surface area contributed by atoms with Crippen LogP contribution in [0.25, 0.3) is 33.6 Å².